The van der Waals surface area contributed by atoms with Crippen molar-refractivity contribution in [1.82, 2.24) is 9.88 Å². The second-order valence-electron chi connectivity index (χ2n) is 7.95. The molecule has 2 amide bonds. The molecule has 34 heavy (non-hydrogen) atoms. The van der Waals surface area contributed by atoms with E-state index in [-0.39, 0.29) is 17.6 Å². The van der Waals surface area contributed by atoms with Gasteiger partial charge in [-0.05, 0) is 48.5 Å². The van der Waals surface area contributed by atoms with Crippen molar-refractivity contribution < 1.29 is 18.7 Å². The minimum Gasteiger partial charge on any atom is -0.497 e. The Kier molecular flexibility index (Phi) is 5.86. The van der Waals surface area contributed by atoms with E-state index in [0.717, 1.165) is 5.82 Å². The monoisotopic (exact) mass is 456 g/mol. The van der Waals surface area contributed by atoms with Crippen LogP contribution < -0.4 is 15.0 Å². The quantitative estimate of drug-likeness (QED) is 0.488. The van der Waals surface area contributed by atoms with Crippen LogP contribution in [0.4, 0.5) is 11.5 Å². The van der Waals surface area contributed by atoms with Crippen molar-refractivity contribution in [3.8, 4) is 5.75 Å². The van der Waals surface area contributed by atoms with E-state index in [1.54, 1.807) is 48.5 Å². The summed E-state index contributed by atoms with van der Waals surface area (Å²) in [5, 5.41) is 3.58. The van der Waals surface area contributed by atoms with Gasteiger partial charge in [0.15, 0.2) is 0 Å². The topological polar surface area (TPSA) is 87.9 Å². The number of hydrogen-bond acceptors (Lipinski definition) is 6. The molecule has 3 heterocycles. The standard InChI is InChI=1S/C26H24N4O4/c1-33-19-11-9-18(10-12-19)25(31)28-23-20-6-2-3-7-21(20)34-24(23)26(32)30-16-14-29(15-17-30)22-8-4-5-13-27-22/h2-13H,14-17H2,1H3,(H,28,31). The predicted molar refractivity (Wildman–Crippen MR) is 130 cm³/mol. The highest BCUT2D eigenvalue weighted by atomic mass is 16.5. The Labute approximate surface area is 196 Å². The number of furan rings is 1. The van der Waals surface area contributed by atoms with Gasteiger partial charge in [-0.2, -0.15) is 0 Å². The van der Waals surface area contributed by atoms with Crippen LogP contribution in [0.5, 0.6) is 5.75 Å². The van der Waals surface area contributed by atoms with Crippen molar-refractivity contribution >= 4 is 34.3 Å². The summed E-state index contributed by atoms with van der Waals surface area (Å²) < 4.78 is 11.1. The number of hydrogen-bond donors (Lipinski definition) is 1. The van der Waals surface area contributed by atoms with Gasteiger partial charge in [-0.25, -0.2) is 4.98 Å². The van der Waals surface area contributed by atoms with Crippen LogP contribution in [0.15, 0.2) is 77.3 Å². The molecule has 8 nitrogen and oxygen atoms in total. The molecule has 0 atom stereocenters. The second-order valence-corrected chi connectivity index (χ2v) is 7.95. The normalized spacial score (nSPS) is 13.7. The van der Waals surface area contributed by atoms with Crippen molar-refractivity contribution in [3.63, 3.8) is 0 Å². The van der Waals surface area contributed by atoms with Crippen LogP contribution in [0, 0.1) is 0 Å². The van der Waals surface area contributed by atoms with E-state index in [9.17, 15) is 9.59 Å². The Hall–Kier alpha value is -4.33. The minimum absolute atomic E-state index is 0.134. The number of piperazine rings is 1. The van der Waals surface area contributed by atoms with Gasteiger partial charge in [0.2, 0.25) is 5.76 Å². The largest absolute Gasteiger partial charge is 0.497 e. The lowest BCUT2D eigenvalue weighted by Gasteiger charge is -2.35. The van der Waals surface area contributed by atoms with Gasteiger partial charge in [-0.3, -0.25) is 9.59 Å². The molecule has 0 radical (unpaired) electrons. The zero-order chi connectivity index (χ0) is 23.5. The third kappa shape index (κ3) is 4.17. The Morgan fingerprint density at radius 2 is 1.68 bits per heavy atom. The number of nitrogens with one attached hydrogen (secondary N) is 1. The highest BCUT2D eigenvalue weighted by molar-refractivity contribution is 6.14. The van der Waals surface area contributed by atoms with E-state index in [0.29, 0.717) is 54.1 Å². The molecule has 4 aromatic rings. The highest BCUT2D eigenvalue weighted by Gasteiger charge is 2.29. The molecule has 5 rings (SSSR count). The lowest BCUT2D eigenvalue weighted by molar-refractivity contribution is 0.0718. The number of para-hydroxylation sites is 1. The lowest BCUT2D eigenvalue weighted by atomic mass is 10.1. The molecule has 0 saturated carbocycles. The number of aromatic nitrogens is 1. The molecule has 1 saturated heterocycles. The zero-order valence-corrected chi connectivity index (χ0v) is 18.7. The summed E-state index contributed by atoms with van der Waals surface area (Å²) in [5.41, 5.74) is 1.38. The average molecular weight is 457 g/mol. The van der Waals surface area contributed by atoms with Crippen LogP contribution in [0.1, 0.15) is 20.9 Å². The van der Waals surface area contributed by atoms with Crippen molar-refractivity contribution in [2.24, 2.45) is 0 Å². The third-order valence-electron chi connectivity index (χ3n) is 5.92. The molecule has 172 valence electrons. The molecule has 2 aromatic carbocycles. The fraction of sp³-hybridized carbons (Fsp3) is 0.192. The maximum absolute atomic E-state index is 13.5. The number of carbonyl (C=O) groups excluding carboxylic acids is 2. The molecule has 2 aromatic heterocycles. The van der Waals surface area contributed by atoms with Gasteiger partial charge in [-0.15, -0.1) is 0 Å². The van der Waals surface area contributed by atoms with Crippen molar-refractivity contribution in [1.29, 1.82) is 0 Å². The summed E-state index contributed by atoms with van der Waals surface area (Å²) in [4.78, 5) is 34.7. The Morgan fingerprint density at radius 1 is 0.941 bits per heavy atom. The maximum Gasteiger partial charge on any atom is 0.291 e. The van der Waals surface area contributed by atoms with Crippen LogP contribution in [0.2, 0.25) is 0 Å². The van der Waals surface area contributed by atoms with Crippen molar-refractivity contribution in [3.05, 3.63) is 84.3 Å². The summed E-state index contributed by atoms with van der Waals surface area (Å²) in [6, 6.07) is 19.9. The first kappa shape index (κ1) is 21.5. The van der Waals surface area contributed by atoms with Crippen molar-refractivity contribution in [2.75, 3.05) is 43.5 Å². The van der Waals surface area contributed by atoms with E-state index in [1.807, 2.05) is 36.4 Å². The first-order valence-electron chi connectivity index (χ1n) is 11.1. The van der Waals surface area contributed by atoms with Crippen LogP contribution in [-0.4, -0.2) is 55.0 Å². The van der Waals surface area contributed by atoms with Gasteiger partial charge in [0.25, 0.3) is 11.8 Å². The Bertz CT molecular complexity index is 1310. The summed E-state index contributed by atoms with van der Waals surface area (Å²) in [5.74, 6) is 1.11. The average Bonchev–Trinajstić information content (AvgIpc) is 3.27. The summed E-state index contributed by atoms with van der Waals surface area (Å²) in [6.07, 6.45) is 1.76. The smallest absolute Gasteiger partial charge is 0.291 e. The van der Waals surface area contributed by atoms with Gasteiger partial charge in [0, 0.05) is 43.3 Å². The van der Waals surface area contributed by atoms with Crippen LogP contribution in [-0.2, 0) is 0 Å². The van der Waals surface area contributed by atoms with E-state index in [4.69, 9.17) is 9.15 Å². The van der Waals surface area contributed by atoms with Gasteiger partial charge in [0.1, 0.15) is 22.8 Å². The number of amides is 2. The van der Waals surface area contributed by atoms with Crippen LogP contribution in [0.25, 0.3) is 11.0 Å². The summed E-state index contributed by atoms with van der Waals surface area (Å²) in [7, 11) is 1.57. The van der Waals surface area contributed by atoms with E-state index >= 15 is 0 Å². The van der Waals surface area contributed by atoms with E-state index < -0.39 is 0 Å². The van der Waals surface area contributed by atoms with Gasteiger partial charge < -0.3 is 24.3 Å². The number of anilines is 2. The van der Waals surface area contributed by atoms with E-state index in [1.165, 1.54) is 0 Å². The zero-order valence-electron chi connectivity index (χ0n) is 18.7. The molecule has 0 unspecified atom stereocenters. The second kappa shape index (κ2) is 9.27. The number of nitrogens with zero attached hydrogens (tertiary/aromatic N) is 3. The SMILES string of the molecule is COc1ccc(C(=O)Nc2c(C(=O)N3CCN(c4ccccn4)CC3)oc3ccccc23)cc1. The van der Waals surface area contributed by atoms with Gasteiger partial charge in [0.05, 0.1) is 7.11 Å². The molecule has 0 aliphatic carbocycles. The molecule has 1 aliphatic heterocycles. The summed E-state index contributed by atoms with van der Waals surface area (Å²) >= 11 is 0. The molecular weight excluding hydrogens is 432 g/mol. The predicted octanol–water partition coefficient (Wildman–Crippen LogP) is 4.05. The fourth-order valence-electron chi connectivity index (χ4n) is 4.07. The van der Waals surface area contributed by atoms with E-state index in [2.05, 4.69) is 15.2 Å². The molecule has 0 spiro atoms. The molecule has 1 fully saturated rings. The van der Waals surface area contributed by atoms with Crippen molar-refractivity contribution in [2.45, 2.75) is 0 Å². The molecule has 8 heteroatoms. The number of fused-ring (bicyclic) bond motifs is 1. The number of benzene rings is 2. The number of pyridine rings is 1. The number of rotatable bonds is 5. The number of carbonyl (C=O) groups is 2. The molecular formula is C26H24N4O4. The maximum atomic E-state index is 13.5. The first-order chi connectivity index (χ1) is 16.6. The number of ether oxygens (including phenoxy) is 1. The molecule has 1 aliphatic rings. The Morgan fingerprint density at radius 3 is 2.38 bits per heavy atom. The molecule has 0 bridgehead atoms. The number of methoxy groups -OCH3 is 1. The summed E-state index contributed by atoms with van der Waals surface area (Å²) in [6.45, 7) is 2.38. The molecule has 1 N–H and O–H groups in total. The minimum atomic E-state index is -0.330. The van der Waals surface area contributed by atoms with Crippen LogP contribution in [0.3, 0.4) is 0 Å². The fourth-order valence-corrected chi connectivity index (χ4v) is 4.07. The van der Waals surface area contributed by atoms with Gasteiger partial charge >= 0.3 is 0 Å². The highest BCUT2D eigenvalue weighted by Crippen LogP contribution is 2.32. The lowest BCUT2D eigenvalue weighted by Crippen LogP contribution is -2.49. The van der Waals surface area contributed by atoms with Crippen LogP contribution >= 0.6 is 0 Å². The first-order valence-corrected chi connectivity index (χ1v) is 11.1. The third-order valence-corrected chi connectivity index (χ3v) is 5.92. The van der Waals surface area contributed by atoms with Gasteiger partial charge in [-0.1, -0.05) is 18.2 Å². The Balaban J connectivity index is 1.38.